The number of carbonyl (C=O) groups excluding carboxylic acids is 1. The smallest absolute Gasteiger partial charge is 0.234 e. The predicted octanol–water partition coefficient (Wildman–Crippen LogP) is 0.548. The van der Waals surface area contributed by atoms with Gasteiger partial charge < -0.3 is 15.6 Å². The molecule has 1 aromatic rings. The molecule has 104 valence electrons. The fraction of sp³-hybridized carbons (Fsp3) is 0.583. The number of aromatic nitrogens is 3. The summed E-state index contributed by atoms with van der Waals surface area (Å²) in [6.07, 6.45) is 5.10. The van der Waals surface area contributed by atoms with Crippen LogP contribution < -0.4 is 11.1 Å². The number of terminal acetylenes is 1. The van der Waals surface area contributed by atoms with Gasteiger partial charge in [-0.2, -0.15) is 0 Å². The van der Waals surface area contributed by atoms with Gasteiger partial charge in [0.15, 0.2) is 5.16 Å². The van der Waals surface area contributed by atoms with Gasteiger partial charge in [0.05, 0.1) is 18.3 Å². The van der Waals surface area contributed by atoms with Gasteiger partial charge in [-0.15, -0.1) is 16.6 Å². The van der Waals surface area contributed by atoms with Gasteiger partial charge >= 0.3 is 0 Å². The Morgan fingerprint density at radius 3 is 2.74 bits per heavy atom. The first-order chi connectivity index (χ1) is 9.01. The van der Waals surface area contributed by atoms with E-state index >= 15 is 0 Å². The molecule has 1 heterocycles. The molecule has 0 spiro atoms. The Hall–Kier alpha value is -1.52. The normalized spacial score (nSPS) is 12.2. The van der Waals surface area contributed by atoms with Crippen molar-refractivity contribution in [3.8, 4) is 12.3 Å². The second-order valence-electron chi connectivity index (χ2n) is 4.25. The van der Waals surface area contributed by atoms with Crippen LogP contribution in [0.1, 0.15) is 32.6 Å². The molecule has 0 saturated heterocycles. The van der Waals surface area contributed by atoms with Crippen molar-refractivity contribution in [2.75, 3.05) is 6.54 Å². The molecule has 19 heavy (non-hydrogen) atoms. The molecule has 0 aliphatic rings. The number of hydrogen-bond donors (Lipinski definition) is 2. The van der Waals surface area contributed by atoms with Crippen LogP contribution in [-0.2, 0) is 11.3 Å². The lowest BCUT2D eigenvalue weighted by Crippen LogP contribution is -2.31. The van der Waals surface area contributed by atoms with Crippen LogP contribution in [0.15, 0.2) is 5.16 Å². The summed E-state index contributed by atoms with van der Waals surface area (Å²) in [6.45, 7) is 6.40. The SMILES string of the molecule is C#CCNC(=O)C(C)Sc1nnc(CN)n1C(C)C. The number of rotatable bonds is 6. The number of nitrogens with zero attached hydrogens (tertiary/aromatic N) is 3. The Morgan fingerprint density at radius 2 is 2.21 bits per heavy atom. The molecule has 1 unspecified atom stereocenters. The molecule has 0 aromatic carbocycles. The topological polar surface area (TPSA) is 85.8 Å². The molecular formula is C12H19N5OS. The Balaban J connectivity index is 2.79. The van der Waals surface area contributed by atoms with E-state index in [0.29, 0.717) is 17.5 Å². The minimum absolute atomic E-state index is 0.115. The van der Waals surface area contributed by atoms with Gasteiger partial charge in [-0.05, 0) is 20.8 Å². The van der Waals surface area contributed by atoms with E-state index in [9.17, 15) is 4.79 Å². The predicted molar refractivity (Wildman–Crippen MR) is 75.5 cm³/mol. The van der Waals surface area contributed by atoms with Crippen LogP contribution in [0.5, 0.6) is 0 Å². The molecular weight excluding hydrogens is 262 g/mol. The Bertz CT molecular complexity index is 477. The van der Waals surface area contributed by atoms with E-state index in [2.05, 4.69) is 21.4 Å². The van der Waals surface area contributed by atoms with Crippen LogP contribution in [0.2, 0.25) is 0 Å². The van der Waals surface area contributed by atoms with Crippen molar-refractivity contribution in [3.63, 3.8) is 0 Å². The lowest BCUT2D eigenvalue weighted by atomic mass is 10.4. The summed E-state index contributed by atoms with van der Waals surface area (Å²) in [5.74, 6) is 2.97. The zero-order valence-corrected chi connectivity index (χ0v) is 12.2. The van der Waals surface area contributed by atoms with Crippen LogP contribution in [0.25, 0.3) is 0 Å². The van der Waals surface area contributed by atoms with Gasteiger partial charge in [-0.1, -0.05) is 17.7 Å². The Kier molecular flexibility index (Phi) is 5.86. The number of nitrogens with two attached hydrogens (primary N) is 1. The van der Waals surface area contributed by atoms with E-state index in [-0.39, 0.29) is 23.7 Å². The zero-order chi connectivity index (χ0) is 14.4. The average Bonchev–Trinajstić information content (AvgIpc) is 2.78. The van der Waals surface area contributed by atoms with E-state index in [1.54, 1.807) is 6.92 Å². The van der Waals surface area contributed by atoms with Gasteiger partial charge in [-0.25, -0.2) is 0 Å². The van der Waals surface area contributed by atoms with Crippen LogP contribution in [0, 0.1) is 12.3 Å². The average molecular weight is 281 g/mol. The van der Waals surface area contributed by atoms with Gasteiger partial charge in [0, 0.05) is 6.04 Å². The fourth-order valence-electron chi connectivity index (χ4n) is 1.54. The molecule has 0 radical (unpaired) electrons. The summed E-state index contributed by atoms with van der Waals surface area (Å²) in [5.41, 5.74) is 5.62. The molecule has 3 N–H and O–H groups in total. The molecule has 7 heteroatoms. The van der Waals surface area contributed by atoms with E-state index in [0.717, 1.165) is 0 Å². The summed E-state index contributed by atoms with van der Waals surface area (Å²) in [6, 6.07) is 0.192. The molecule has 1 aromatic heterocycles. The highest BCUT2D eigenvalue weighted by Crippen LogP contribution is 2.25. The second kappa shape index (κ2) is 7.16. The van der Waals surface area contributed by atoms with E-state index < -0.39 is 0 Å². The lowest BCUT2D eigenvalue weighted by molar-refractivity contribution is -0.120. The molecule has 0 saturated carbocycles. The molecule has 0 aliphatic heterocycles. The molecule has 1 amide bonds. The quantitative estimate of drug-likeness (QED) is 0.587. The van der Waals surface area contributed by atoms with Crippen molar-refractivity contribution in [2.45, 2.75) is 43.8 Å². The first kappa shape index (κ1) is 15.5. The van der Waals surface area contributed by atoms with E-state index in [1.165, 1.54) is 11.8 Å². The Morgan fingerprint density at radius 1 is 1.53 bits per heavy atom. The molecule has 0 fully saturated rings. The standard InChI is InChI=1S/C12H19N5OS/c1-5-6-14-11(18)9(4)19-12-16-15-10(7-13)17(12)8(2)3/h1,8-9H,6-7,13H2,2-4H3,(H,14,18). The van der Waals surface area contributed by atoms with Crippen LogP contribution in [0.3, 0.4) is 0 Å². The Labute approximate surface area is 117 Å². The monoisotopic (exact) mass is 281 g/mol. The highest BCUT2D eigenvalue weighted by atomic mass is 32.2. The molecule has 0 aliphatic carbocycles. The van der Waals surface area contributed by atoms with Crippen LogP contribution in [0.4, 0.5) is 0 Å². The molecule has 1 rings (SSSR count). The minimum Gasteiger partial charge on any atom is -0.344 e. The zero-order valence-electron chi connectivity index (χ0n) is 11.4. The van der Waals surface area contributed by atoms with E-state index in [1.807, 2.05) is 18.4 Å². The maximum Gasteiger partial charge on any atom is 0.234 e. The van der Waals surface area contributed by atoms with Crippen molar-refractivity contribution in [1.82, 2.24) is 20.1 Å². The lowest BCUT2D eigenvalue weighted by Gasteiger charge is -2.15. The van der Waals surface area contributed by atoms with Crippen LogP contribution >= 0.6 is 11.8 Å². The van der Waals surface area contributed by atoms with Crippen molar-refractivity contribution >= 4 is 17.7 Å². The number of amides is 1. The van der Waals surface area contributed by atoms with Crippen molar-refractivity contribution in [2.24, 2.45) is 5.73 Å². The maximum atomic E-state index is 11.8. The third-order valence-corrected chi connectivity index (χ3v) is 3.51. The van der Waals surface area contributed by atoms with Crippen molar-refractivity contribution in [3.05, 3.63) is 5.82 Å². The molecule has 6 nitrogen and oxygen atoms in total. The number of thioether (sulfide) groups is 1. The van der Waals surface area contributed by atoms with Gasteiger partial charge in [0.1, 0.15) is 5.82 Å². The number of carbonyl (C=O) groups is 1. The van der Waals surface area contributed by atoms with Gasteiger partial charge in [0.2, 0.25) is 5.91 Å². The third-order valence-electron chi connectivity index (χ3n) is 2.45. The second-order valence-corrected chi connectivity index (χ2v) is 5.56. The fourth-order valence-corrected chi connectivity index (χ4v) is 2.56. The number of hydrogen-bond acceptors (Lipinski definition) is 5. The molecule has 0 bridgehead atoms. The van der Waals surface area contributed by atoms with Crippen LogP contribution in [-0.4, -0.2) is 32.5 Å². The number of nitrogens with one attached hydrogen (secondary N) is 1. The summed E-state index contributed by atoms with van der Waals surface area (Å²) in [5, 5.41) is 11.2. The summed E-state index contributed by atoms with van der Waals surface area (Å²) < 4.78 is 1.94. The largest absolute Gasteiger partial charge is 0.344 e. The minimum atomic E-state index is -0.291. The van der Waals surface area contributed by atoms with E-state index in [4.69, 9.17) is 12.2 Å². The first-order valence-corrected chi connectivity index (χ1v) is 6.90. The molecule has 1 atom stereocenters. The first-order valence-electron chi connectivity index (χ1n) is 6.02. The highest BCUT2D eigenvalue weighted by Gasteiger charge is 2.20. The van der Waals surface area contributed by atoms with Crippen molar-refractivity contribution < 1.29 is 4.79 Å². The summed E-state index contributed by atoms with van der Waals surface area (Å²) in [4.78, 5) is 11.8. The summed E-state index contributed by atoms with van der Waals surface area (Å²) >= 11 is 1.35. The highest BCUT2D eigenvalue weighted by molar-refractivity contribution is 8.00. The third kappa shape index (κ3) is 3.98. The maximum absolute atomic E-state index is 11.8. The summed E-state index contributed by atoms with van der Waals surface area (Å²) in [7, 11) is 0. The van der Waals surface area contributed by atoms with Gasteiger partial charge in [-0.3, -0.25) is 4.79 Å². The van der Waals surface area contributed by atoms with Crippen molar-refractivity contribution in [1.29, 1.82) is 0 Å². The van der Waals surface area contributed by atoms with Gasteiger partial charge in [0.25, 0.3) is 0 Å².